The van der Waals surface area contributed by atoms with Crippen molar-refractivity contribution in [1.29, 1.82) is 0 Å². The molecule has 0 bridgehead atoms. The van der Waals surface area contributed by atoms with Gasteiger partial charge in [-0.05, 0) is 34.9 Å². The zero-order valence-electron chi connectivity index (χ0n) is 14.8. The molecule has 2 atom stereocenters. The molecule has 1 aliphatic rings. The second-order valence-corrected chi connectivity index (χ2v) is 7.58. The molecule has 0 saturated heterocycles. The van der Waals surface area contributed by atoms with Gasteiger partial charge < -0.3 is 0 Å². The minimum Gasteiger partial charge on any atom is -0.273 e. The van der Waals surface area contributed by atoms with Crippen LogP contribution in [0.1, 0.15) is 49.8 Å². The van der Waals surface area contributed by atoms with Gasteiger partial charge in [0, 0.05) is 11.5 Å². The van der Waals surface area contributed by atoms with Crippen molar-refractivity contribution in [2.45, 2.75) is 38.5 Å². The minimum atomic E-state index is -0.358. The standard InChI is InChI=1S/C21H23FN2O/c1-21(2,3)16-10-8-14(9-11-16)17-12-18(17)20(25)24-23-13-15-6-4-5-7-19(15)22/h4-11,13,17-18H,12H2,1-3H3,(H,24,25)/b23-13+/t17-,18-/m0/s1. The van der Waals surface area contributed by atoms with Crippen LogP contribution in [0.5, 0.6) is 0 Å². The summed E-state index contributed by atoms with van der Waals surface area (Å²) in [5, 5.41) is 3.87. The minimum absolute atomic E-state index is 0.0572. The van der Waals surface area contributed by atoms with Crippen LogP contribution < -0.4 is 5.43 Å². The van der Waals surface area contributed by atoms with Gasteiger partial charge in [-0.1, -0.05) is 63.2 Å². The maximum absolute atomic E-state index is 13.5. The lowest BCUT2D eigenvalue weighted by Crippen LogP contribution is -2.20. The van der Waals surface area contributed by atoms with Gasteiger partial charge in [-0.3, -0.25) is 4.79 Å². The molecule has 0 unspecified atom stereocenters. The molecule has 4 heteroatoms. The third kappa shape index (κ3) is 4.13. The number of carbonyl (C=O) groups excluding carboxylic acids is 1. The fraction of sp³-hybridized carbons (Fsp3) is 0.333. The molecule has 0 radical (unpaired) electrons. The summed E-state index contributed by atoms with van der Waals surface area (Å²) < 4.78 is 13.5. The molecule has 0 aromatic heterocycles. The van der Waals surface area contributed by atoms with Gasteiger partial charge in [0.15, 0.2) is 0 Å². The second-order valence-electron chi connectivity index (χ2n) is 7.58. The van der Waals surface area contributed by atoms with Gasteiger partial charge in [-0.15, -0.1) is 0 Å². The molecule has 2 aromatic rings. The molecule has 0 aliphatic heterocycles. The highest BCUT2D eigenvalue weighted by molar-refractivity contribution is 5.85. The van der Waals surface area contributed by atoms with Crippen LogP contribution >= 0.6 is 0 Å². The number of nitrogens with zero attached hydrogens (tertiary/aromatic N) is 1. The zero-order chi connectivity index (χ0) is 18.0. The molecular weight excluding hydrogens is 315 g/mol. The van der Waals surface area contributed by atoms with Gasteiger partial charge in [0.2, 0.25) is 5.91 Å². The first-order valence-corrected chi connectivity index (χ1v) is 8.54. The maximum atomic E-state index is 13.5. The monoisotopic (exact) mass is 338 g/mol. The molecule has 1 aliphatic carbocycles. The Morgan fingerprint density at radius 2 is 1.84 bits per heavy atom. The van der Waals surface area contributed by atoms with Crippen LogP contribution in [0.15, 0.2) is 53.6 Å². The van der Waals surface area contributed by atoms with Crippen LogP contribution in [-0.2, 0) is 10.2 Å². The summed E-state index contributed by atoms with van der Waals surface area (Å²) in [5.74, 6) is -0.280. The van der Waals surface area contributed by atoms with E-state index >= 15 is 0 Å². The Bertz CT molecular complexity index is 790. The average molecular weight is 338 g/mol. The van der Waals surface area contributed by atoms with E-state index in [1.54, 1.807) is 18.2 Å². The Labute approximate surface area is 148 Å². The third-order valence-electron chi connectivity index (χ3n) is 4.62. The molecular formula is C21H23FN2O. The Kier molecular flexibility index (Phi) is 4.71. The van der Waals surface area contributed by atoms with Crippen molar-refractivity contribution in [3.05, 3.63) is 71.0 Å². The summed E-state index contributed by atoms with van der Waals surface area (Å²) in [6, 6.07) is 14.8. The van der Waals surface area contributed by atoms with E-state index in [1.807, 2.05) is 0 Å². The highest BCUT2D eigenvalue weighted by atomic mass is 19.1. The Hall–Kier alpha value is -2.49. The molecule has 1 N–H and O–H groups in total. The summed E-state index contributed by atoms with van der Waals surface area (Å²) in [7, 11) is 0. The van der Waals surface area contributed by atoms with E-state index in [1.165, 1.54) is 23.4 Å². The number of carbonyl (C=O) groups is 1. The van der Waals surface area contributed by atoms with Gasteiger partial charge in [0.05, 0.1) is 6.21 Å². The number of hydrazone groups is 1. The lowest BCUT2D eigenvalue weighted by molar-refractivity contribution is -0.122. The quantitative estimate of drug-likeness (QED) is 0.652. The molecule has 1 fully saturated rings. The van der Waals surface area contributed by atoms with E-state index in [0.29, 0.717) is 5.56 Å². The van der Waals surface area contributed by atoms with Crippen molar-refractivity contribution in [3.63, 3.8) is 0 Å². The van der Waals surface area contributed by atoms with Crippen LogP contribution in [0.4, 0.5) is 4.39 Å². The Morgan fingerprint density at radius 1 is 1.16 bits per heavy atom. The molecule has 3 rings (SSSR count). The molecule has 1 amide bonds. The molecule has 0 spiro atoms. The van der Waals surface area contributed by atoms with Crippen molar-refractivity contribution < 1.29 is 9.18 Å². The highest BCUT2D eigenvalue weighted by Crippen LogP contribution is 2.47. The number of benzene rings is 2. The van der Waals surface area contributed by atoms with E-state index in [-0.39, 0.29) is 29.0 Å². The van der Waals surface area contributed by atoms with Gasteiger partial charge >= 0.3 is 0 Å². The van der Waals surface area contributed by atoms with Crippen LogP contribution in [0.3, 0.4) is 0 Å². The Morgan fingerprint density at radius 3 is 2.48 bits per heavy atom. The number of nitrogens with one attached hydrogen (secondary N) is 1. The topological polar surface area (TPSA) is 41.5 Å². The highest BCUT2D eigenvalue weighted by Gasteiger charge is 2.43. The summed E-state index contributed by atoms with van der Waals surface area (Å²) in [6.45, 7) is 6.55. The van der Waals surface area contributed by atoms with Gasteiger partial charge in [-0.25, -0.2) is 9.82 Å². The number of amides is 1. The summed E-state index contributed by atoms with van der Waals surface area (Å²) in [6.07, 6.45) is 2.17. The van der Waals surface area contributed by atoms with Gasteiger partial charge in [-0.2, -0.15) is 5.10 Å². The van der Waals surface area contributed by atoms with Crippen LogP contribution in [-0.4, -0.2) is 12.1 Å². The SMILES string of the molecule is CC(C)(C)c1ccc([C@@H]2C[C@@H]2C(=O)N/N=C/c2ccccc2F)cc1. The first kappa shape index (κ1) is 17.3. The number of rotatable bonds is 4. The maximum Gasteiger partial charge on any atom is 0.243 e. The first-order valence-electron chi connectivity index (χ1n) is 8.54. The second kappa shape index (κ2) is 6.79. The van der Waals surface area contributed by atoms with Crippen molar-refractivity contribution in [2.24, 2.45) is 11.0 Å². The van der Waals surface area contributed by atoms with Crippen LogP contribution in [0.2, 0.25) is 0 Å². The van der Waals surface area contributed by atoms with Crippen molar-refractivity contribution in [3.8, 4) is 0 Å². The predicted octanol–water partition coefficient (Wildman–Crippen LogP) is 4.38. The van der Waals surface area contributed by atoms with Crippen molar-refractivity contribution in [2.75, 3.05) is 0 Å². The average Bonchev–Trinajstić information content (AvgIpc) is 3.37. The van der Waals surface area contributed by atoms with Crippen LogP contribution in [0.25, 0.3) is 0 Å². The lowest BCUT2D eigenvalue weighted by atomic mass is 9.86. The van der Waals surface area contributed by atoms with E-state index < -0.39 is 0 Å². The van der Waals surface area contributed by atoms with E-state index in [4.69, 9.17) is 0 Å². The third-order valence-corrected chi connectivity index (χ3v) is 4.62. The number of halogens is 1. The zero-order valence-corrected chi connectivity index (χ0v) is 14.8. The fourth-order valence-corrected chi connectivity index (χ4v) is 2.91. The van der Waals surface area contributed by atoms with Crippen LogP contribution in [0, 0.1) is 11.7 Å². The molecule has 130 valence electrons. The number of hydrogen-bond donors (Lipinski definition) is 1. The predicted molar refractivity (Wildman–Crippen MR) is 98.1 cm³/mol. The van der Waals surface area contributed by atoms with Crippen molar-refractivity contribution in [1.82, 2.24) is 5.43 Å². The molecule has 2 aromatic carbocycles. The smallest absolute Gasteiger partial charge is 0.243 e. The first-order chi connectivity index (χ1) is 11.9. The molecule has 25 heavy (non-hydrogen) atoms. The largest absolute Gasteiger partial charge is 0.273 e. The normalized spacial score (nSPS) is 19.8. The number of hydrogen-bond acceptors (Lipinski definition) is 2. The summed E-state index contributed by atoms with van der Waals surface area (Å²) in [5.41, 5.74) is 5.47. The lowest BCUT2D eigenvalue weighted by Gasteiger charge is -2.19. The van der Waals surface area contributed by atoms with E-state index in [0.717, 1.165) is 6.42 Å². The van der Waals surface area contributed by atoms with Gasteiger partial charge in [0.25, 0.3) is 0 Å². The van der Waals surface area contributed by atoms with Crippen molar-refractivity contribution >= 4 is 12.1 Å². The Balaban J connectivity index is 1.56. The van der Waals surface area contributed by atoms with E-state index in [9.17, 15) is 9.18 Å². The van der Waals surface area contributed by atoms with Gasteiger partial charge in [0.1, 0.15) is 5.82 Å². The molecule has 0 heterocycles. The summed E-state index contributed by atoms with van der Waals surface area (Å²) in [4.78, 5) is 12.2. The summed E-state index contributed by atoms with van der Waals surface area (Å²) >= 11 is 0. The molecule has 3 nitrogen and oxygen atoms in total. The van der Waals surface area contributed by atoms with E-state index in [2.05, 4.69) is 55.6 Å². The molecule has 1 saturated carbocycles. The fourth-order valence-electron chi connectivity index (χ4n) is 2.91.